The fourth-order valence-electron chi connectivity index (χ4n) is 1.73. The van der Waals surface area contributed by atoms with E-state index in [2.05, 4.69) is 5.32 Å². The van der Waals surface area contributed by atoms with Crippen LogP contribution in [0, 0.1) is 0 Å². The van der Waals surface area contributed by atoms with Crippen molar-refractivity contribution in [3.8, 4) is 0 Å². The van der Waals surface area contributed by atoms with Crippen LogP contribution in [0.15, 0.2) is 0 Å². The summed E-state index contributed by atoms with van der Waals surface area (Å²) in [4.78, 5) is 0. The molecule has 1 aliphatic rings. The Hall–Kier alpha value is -0.170. The fraction of sp³-hybridized carbons (Fsp3) is 1.00. The van der Waals surface area contributed by atoms with Gasteiger partial charge >= 0.3 is 0 Å². The zero-order chi connectivity index (χ0) is 10.6. The Kier molecular flexibility index (Phi) is 4.31. The molecule has 0 bridgehead atoms. The number of nitrogens with two attached hydrogens (primary N) is 1. The maximum Gasteiger partial charge on any atom is 0.276 e. The lowest BCUT2D eigenvalue weighted by atomic mass is 10.2. The van der Waals surface area contributed by atoms with E-state index in [4.69, 9.17) is 5.14 Å². The summed E-state index contributed by atoms with van der Waals surface area (Å²) in [5, 5.41) is 8.37. The van der Waals surface area contributed by atoms with Gasteiger partial charge in [0, 0.05) is 19.1 Å². The summed E-state index contributed by atoms with van der Waals surface area (Å²) in [5.41, 5.74) is 0. The molecule has 84 valence electrons. The number of nitrogens with one attached hydrogen (secondary N) is 1. The standard InChI is InChI=1S/C8H19N3O2S/c1-2-6-11(14(9,12)13)7-8-4-3-5-10-8/h8,10H,2-7H2,1H3,(H2,9,12,13). The first-order valence-electron chi connectivity index (χ1n) is 5.05. The normalized spacial score (nSPS) is 23.2. The molecule has 1 unspecified atom stereocenters. The molecule has 1 saturated heterocycles. The summed E-state index contributed by atoms with van der Waals surface area (Å²) in [7, 11) is -3.52. The smallest absolute Gasteiger partial charge is 0.276 e. The van der Waals surface area contributed by atoms with Crippen molar-refractivity contribution in [2.45, 2.75) is 32.2 Å². The largest absolute Gasteiger partial charge is 0.313 e. The maximum atomic E-state index is 11.2. The molecule has 0 spiro atoms. The van der Waals surface area contributed by atoms with Gasteiger partial charge in [-0.25, -0.2) is 5.14 Å². The molecule has 1 atom stereocenters. The number of nitrogens with zero attached hydrogens (tertiary/aromatic N) is 1. The summed E-state index contributed by atoms with van der Waals surface area (Å²) in [6.45, 7) is 3.94. The van der Waals surface area contributed by atoms with Gasteiger partial charge in [0.1, 0.15) is 0 Å². The molecule has 0 radical (unpaired) electrons. The van der Waals surface area contributed by atoms with Crippen LogP contribution in [0.4, 0.5) is 0 Å². The summed E-state index contributed by atoms with van der Waals surface area (Å²) in [5.74, 6) is 0. The number of hydrogen-bond acceptors (Lipinski definition) is 3. The molecule has 0 aromatic rings. The highest BCUT2D eigenvalue weighted by molar-refractivity contribution is 7.86. The van der Waals surface area contributed by atoms with E-state index < -0.39 is 10.2 Å². The predicted molar refractivity (Wildman–Crippen MR) is 56.0 cm³/mol. The molecule has 5 nitrogen and oxygen atoms in total. The van der Waals surface area contributed by atoms with E-state index >= 15 is 0 Å². The first-order valence-corrected chi connectivity index (χ1v) is 6.55. The van der Waals surface area contributed by atoms with E-state index in [0.29, 0.717) is 13.1 Å². The maximum absolute atomic E-state index is 11.2. The van der Waals surface area contributed by atoms with Crippen LogP contribution in [0.5, 0.6) is 0 Å². The van der Waals surface area contributed by atoms with E-state index in [1.807, 2.05) is 6.92 Å². The van der Waals surface area contributed by atoms with Crippen molar-refractivity contribution in [3.05, 3.63) is 0 Å². The summed E-state index contributed by atoms with van der Waals surface area (Å²) >= 11 is 0. The number of rotatable bonds is 5. The second-order valence-electron chi connectivity index (χ2n) is 3.70. The van der Waals surface area contributed by atoms with Gasteiger partial charge in [-0.15, -0.1) is 0 Å². The lowest BCUT2D eigenvalue weighted by molar-refractivity contribution is 0.370. The van der Waals surface area contributed by atoms with Crippen molar-refractivity contribution in [1.82, 2.24) is 9.62 Å². The molecule has 6 heteroatoms. The third-order valence-corrected chi connectivity index (χ3v) is 3.47. The Morgan fingerprint density at radius 1 is 1.57 bits per heavy atom. The quantitative estimate of drug-likeness (QED) is 0.666. The van der Waals surface area contributed by atoms with E-state index in [-0.39, 0.29) is 6.04 Å². The first kappa shape index (κ1) is 11.9. The van der Waals surface area contributed by atoms with Crippen LogP contribution in [-0.4, -0.2) is 38.4 Å². The minimum atomic E-state index is -3.52. The van der Waals surface area contributed by atoms with Crippen molar-refractivity contribution in [2.24, 2.45) is 5.14 Å². The molecule has 0 amide bonds. The van der Waals surface area contributed by atoms with Gasteiger partial charge in [0.05, 0.1) is 0 Å². The Labute approximate surface area is 85.8 Å². The van der Waals surface area contributed by atoms with Crippen LogP contribution in [-0.2, 0) is 10.2 Å². The van der Waals surface area contributed by atoms with Crippen LogP contribution in [0.25, 0.3) is 0 Å². The molecule has 0 aromatic heterocycles. The van der Waals surface area contributed by atoms with Gasteiger partial charge in [0.2, 0.25) is 0 Å². The van der Waals surface area contributed by atoms with E-state index in [9.17, 15) is 8.42 Å². The molecule has 14 heavy (non-hydrogen) atoms. The minimum Gasteiger partial charge on any atom is -0.313 e. The van der Waals surface area contributed by atoms with Gasteiger partial charge in [-0.1, -0.05) is 6.92 Å². The van der Waals surface area contributed by atoms with Gasteiger partial charge in [0.15, 0.2) is 0 Å². The van der Waals surface area contributed by atoms with Crippen molar-refractivity contribution >= 4 is 10.2 Å². The monoisotopic (exact) mass is 221 g/mol. The number of hydrogen-bond donors (Lipinski definition) is 2. The second-order valence-corrected chi connectivity index (χ2v) is 5.24. The van der Waals surface area contributed by atoms with Crippen molar-refractivity contribution in [2.75, 3.05) is 19.6 Å². The average Bonchev–Trinajstić information content (AvgIpc) is 2.54. The molecule has 1 aliphatic heterocycles. The van der Waals surface area contributed by atoms with E-state index in [0.717, 1.165) is 25.8 Å². The van der Waals surface area contributed by atoms with Gasteiger partial charge < -0.3 is 5.32 Å². The molecule has 1 fully saturated rings. The van der Waals surface area contributed by atoms with Crippen LogP contribution < -0.4 is 10.5 Å². The lowest BCUT2D eigenvalue weighted by Gasteiger charge is -2.22. The zero-order valence-corrected chi connectivity index (χ0v) is 9.39. The highest BCUT2D eigenvalue weighted by Crippen LogP contribution is 2.08. The SMILES string of the molecule is CCCN(CC1CCCN1)S(N)(=O)=O. The fourth-order valence-corrected chi connectivity index (χ4v) is 2.55. The third kappa shape index (κ3) is 3.53. The molecule has 1 rings (SSSR count). The molecule has 0 aliphatic carbocycles. The van der Waals surface area contributed by atoms with Gasteiger partial charge in [-0.3, -0.25) is 0 Å². The van der Waals surface area contributed by atoms with Gasteiger partial charge in [0.25, 0.3) is 10.2 Å². The molecular weight excluding hydrogens is 202 g/mol. The summed E-state index contributed by atoms with van der Waals surface area (Å²) in [6.07, 6.45) is 2.95. The average molecular weight is 221 g/mol. The van der Waals surface area contributed by atoms with Crippen molar-refractivity contribution < 1.29 is 8.42 Å². The topological polar surface area (TPSA) is 75.4 Å². The Morgan fingerprint density at radius 2 is 2.29 bits per heavy atom. The Bertz CT molecular complexity index is 260. The van der Waals surface area contributed by atoms with Crippen LogP contribution in [0.3, 0.4) is 0 Å². The molecule has 3 N–H and O–H groups in total. The van der Waals surface area contributed by atoms with Gasteiger partial charge in [-0.2, -0.15) is 12.7 Å². The highest BCUT2D eigenvalue weighted by Gasteiger charge is 2.23. The van der Waals surface area contributed by atoms with Crippen LogP contribution >= 0.6 is 0 Å². The Morgan fingerprint density at radius 3 is 2.71 bits per heavy atom. The zero-order valence-electron chi connectivity index (χ0n) is 8.57. The second kappa shape index (κ2) is 5.06. The van der Waals surface area contributed by atoms with Crippen LogP contribution in [0.1, 0.15) is 26.2 Å². The van der Waals surface area contributed by atoms with Crippen LogP contribution in [0.2, 0.25) is 0 Å². The predicted octanol–water partition coefficient (Wildman–Crippen LogP) is -0.346. The summed E-state index contributed by atoms with van der Waals surface area (Å²) < 4.78 is 23.7. The van der Waals surface area contributed by atoms with E-state index in [1.165, 1.54) is 4.31 Å². The molecule has 0 saturated carbocycles. The van der Waals surface area contributed by atoms with Gasteiger partial charge in [-0.05, 0) is 25.8 Å². The first-order chi connectivity index (χ1) is 6.54. The highest BCUT2D eigenvalue weighted by atomic mass is 32.2. The Balaban J connectivity index is 2.50. The molecular formula is C8H19N3O2S. The minimum absolute atomic E-state index is 0.278. The third-order valence-electron chi connectivity index (χ3n) is 2.42. The lowest BCUT2D eigenvalue weighted by Crippen LogP contribution is -2.44. The molecule has 1 heterocycles. The van der Waals surface area contributed by atoms with Crippen molar-refractivity contribution in [1.29, 1.82) is 0 Å². The summed E-state index contributed by atoms with van der Waals surface area (Å²) in [6, 6.07) is 0.278. The molecule has 0 aromatic carbocycles. The van der Waals surface area contributed by atoms with E-state index in [1.54, 1.807) is 0 Å². The van der Waals surface area contributed by atoms with Crippen molar-refractivity contribution in [3.63, 3.8) is 0 Å².